The van der Waals surface area contributed by atoms with Gasteiger partial charge in [0.05, 0.1) is 22.1 Å². The SMILES string of the molecule is c1ccc(-c2nc(-n3c4ccccc4c4ccccc43)nc3c2oc2ccc(-n4c5ccccc5c5ccccc54)cc23)cc1. The Morgan fingerprint density at radius 2 is 0.956 bits per heavy atom. The quantitative estimate of drug-likeness (QED) is 0.210. The van der Waals surface area contributed by atoms with Crippen LogP contribution in [0.2, 0.25) is 0 Å². The van der Waals surface area contributed by atoms with Crippen LogP contribution in [0.3, 0.4) is 0 Å². The molecular weight excluding hydrogens is 552 g/mol. The average Bonchev–Trinajstić information content (AvgIpc) is 3.76. The van der Waals surface area contributed by atoms with E-state index in [1.54, 1.807) is 0 Å². The van der Waals surface area contributed by atoms with Gasteiger partial charge in [-0.3, -0.25) is 4.57 Å². The van der Waals surface area contributed by atoms with Crippen molar-refractivity contribution in [2.45, 2.75) is 0 Å². The molecule has 5 nitrogen and oxygen atoms in total. The molecule has 10 aromatic rings. The smallest absolute Gasteiger partial charge is 0.236 e. The highest BCUT2D eigenvalue weighted by Gasteiger charge is 2.22. The zero-order valence-electron chi connectivity index (χ0n) is 24.1. The van der Waals surface area contributed by atoms with Crippen molar-refractivity contribution in [1.29, 1.82) is 0 Å². The summed E-state index contributed by atoms with van der Waals surface area (Å²) < 4.78 is 11.1. The second kappa shape index (κ2) is 9.15. The molecule has 4 heterocycles. The summed E-state index contributed by atoms with van der Waals surface area (Å²) in [5.41, 5.74) is 9.51. The molecule has 0 N–H and O–H groups in total. The van der Waals surface area contributed by atoms with E-state index in [9.17, 15) is 0 Å². The lowest BCUT2D eigenvalue weighted by atomic mass is 10.1. The van der Waals surface area contributed by atoms with Gasteiger partial charge in [0, 0.05) is 38.2 Å². The number of nitrogens with zero attached hydrogens (tertiary/aromatic N) is 4. The Kier molecular flexibility index (Phi) is 4.93. The van der Waals surface area contributed by atoms with Crippen LogP contribution in [0.25, 0.3) is 88.6 Å². The third kappa shape index (κ3) is 3.43. The van der Waals surface area contributed by atoms with Crippen LogP contribution in [0.4, 0.5) is 0 Å². The summed E-state index contributed by atoms with van der Waals surface area (Å²) >= 11 is 0. The maximum Gasteiger partial charge on any atom is 0.236 e. The number of hydrogen-bond donors (Lipinski definition) is 0. The normalized spacial score (nSPS) is 12.0. The summed E-state index contributed by atoms with van der Waals surface area (Å²) in [5.74, 6) is 0.615. The predicted octanol–water partition coefficient (Wildman–Crippen LogP) is 10.2. The molecule has 0 spiro atoms. The van der Waals surface area contributed by atoms with Crippen molar-refractivity contribution in [3.05, 3.63) is 146 Å². The molecule has 0 aliphatic rings. The Hall–Kier alpha value is -6.20. The molecule has 0 saturated heterocycles. The maximum atomic E-state index is 6.59. The molecule has 0 radical (unpaired) electrons. The average molecular weight is 577 g/mol. The van der Waals surface area contributed by atoms with E-state index in [-0.39, 0.29) is 0 Å². The molecule has 4 aromatic heterocycles. The van der Waals surface area contributed by atoms with E-state index in [1.807, 2.05) is 18.2 Å². The van der Waals surface area contributed by atoms with Crippen molar-refractivity contribution in [2.75, 3.05) is 0 Å². The predicted molar refractivity (Wildman–Crippen MR) is 183 cm³/mol. The van der Waals surface area contributed by atoms with Crippen LogP contribution >= 0.6 is 0 Å². The Morgan fingerprint density at radius 1 is 0.444 bits per heavy atom. The van der Waals surface area contributed by atoms with E-state index in [1.165, 1.54) is 21.5 Å². The van der Waals surface area contributed by atoms with E-state index < -0.39 is 0 Å². The van der Waals surface area contributed by atoms with Crippen LogP contribution in [-0.2, 0) is 0 Å². The molecule has 0 bridgehead atoms. The summed E-state index contributed by atoms with van der Waals surface area (Å²) in [5, 5.41) is 5.75. The standard InChI is InChI=1S/C40H24N4O/c1-2-12-25(13-3-1)37-39-38(42-40(41-37)44-34-20-10-6-16-29(34)30-17-7-11-21-35(30)44)31-24-26(22-23-36(31)45-39)43-32-18-8-4-14-27(32)28-15-5-9-19-33(28)43/h1-24H. The highest BCUT2D eigenvalue weighted by Crippen LogP contribution is 2.39. The minimum atomic E-state index is 0.615. The summed E-state index contributed by atoms with van der Waals surface area (Å²) in [6.07, 6.45) is 0. The third-order valence-electron chi connectivity index (χ3n) is 8.95. The summed E-state index contributed by atoms with van der Waals surface area (Å²) in [4.78, 5) is 10.5. The van der Waals surface area contributed by atoms with E-state index in [0.29, 0.717) is 11.5 Å². The van der Waals surface area contributed by atoms with Crippen molar-refractivity contribution in [3.8, 4) is 22.9 Å². The Morgan fingerprint density at radius 3 is 1.53 bits per heavy atom. The minimum absolute atomic E-state index is 0.615. The van der Waals surface area contributed by atoms with E-state index in [0.717, 1.165) is 55.5 Å². The molecule has 0 unspecified atom stereocenters. The molecule has 10 rings (SSSR count). The largest absolute Gasteiger partial charge is 0.452 e. The second-order valence-electron chi connectivity index (χ2n) is 11.4. The first-order chi connectivity index (χ1) is 22.3. The molecule has 6 aromatic carbocycles. The first-order valence-electron chi connectivity index (χ1n) is 15.1. The van der Waals surface area contributed by atoms with Gasteiger partial charge in [0.1, 0.15) is 16.8 Å². The van der Waals surface area contributed by atoms with Crippen molar-refractivity contribution in [3.63, 3.8) is 0 Å². The molecule has 0 atom stereocenters. The number of benzene rings is 6. The Bertz CT molecular complexity index is 2660. The first-order valence-corrected chi connectivity index (χ1v) is 15.1. The van der Waals surface area contributed by atoms with Crippen LogP contribution in [0.5, 0.6) is 0 Å². The zero-order valence-corrected chi connectivity index (χ0v) is 24.1. The van der Waals surface area contributed by atoms with Gasteiger partial charge in [-0.05, 0) is 42.5 Å². The summed E-state index contributed by atoms with van der Waals surface area (Å²) in [6, 6.07) is 50.7. The van der Waals surface area contributed by atoms with Crippen LogP contribution in [0.15, 0.2) is 150 Å². The molecular formula is C40H24N4O. The third-order valence-corrected chi connectivity index (χ3v) is 8.95. The van der Waals surface area contributed by atoms with Gasteiger partial charge >= 0.3 is 0 Å². The molecule has 5 heteroatoms. The van der Waals surface area contributed by atoms with Gasteiger partial charge in [-0.25, -0.2) is 9.97 Å². The molecule has 210 valence electrons. The van der Waals surface area contributed by atoms with Gasteiger partial charge in [0.2, 0.25) is 5.95 Å². The number of hydrogen-bond acceptors (Lipinski definition) is 3. The fourth-order valence-corrected chi connectivity index (χ4v) is 6.99. The number of aromatic nitrogens is 4. The lowest BCUT2D eigenvalue weighted by Gasteiger charge is -2.09. The highest BCUT2D eigenvalue weighted by molar-refractivity contribution is 6.12. The van der Waals surface area contributed by atoms with Gasteiger partial charge in [0.15, 0.2) is 5.58 Å². The number of furan rings is 1. The topological polar surface area (TPSA) is 48.8 Å². The zero-order chi connectivity index (χ0) is 29.5. The van der Waals surface area contributed by atoms with E-state index >= 15 is 0 Å². The van der Waals surface area contributed by atoms with Gasteiger partial charge < -0.3 is 8.98 Å². The molecule has 45 heavy (non-hydrogen) atoms. The van der Waals surface area contributed by atoms with Crippen molar-refractivity contribution >= 4 is 65.7 Å². The fraction of sp³-hybridized carbons (Fsp3) is 0. The van der Waals surface area contributed by atoms with Gasteiger partial charge in [0.25, 0.3) is 0 Å². The Balaban J connectivity index is 1.31. The fourth-order valence-electron chi connectivity index (χ4n) is 6.99. The van der Waals surface area contributed by atoms with E-state index in [2.05, 4.69) is 137 Å². The molecule has 0 amide bonds. The molecule has 0 aliphatic heterocycles. The first kappa shape index (κ1) is 24.3. The van der Waals surface area contributed by atoms with Crippen molar-refractivity contribution in [1.82, 2.24) is 19.1 Å². The van der Waals surface area contributed by atoms with Gasteiger partial charge in [-0.15, -0.1) is 0 Å². The van der Waals surface area contributed by atoms with Gasteiger partial charge in [-0.2, -0.15) is 0 Å². The lowest BCUT2D eigenvalue weighted by molar-refractivity contribution is 0.666. The number of para-hydroxylation sites is 4. The lowest BCUT2D eigenvalue weighted by Crippen LogP contribution is -2.02. The van der Waals surface area contributed by atoms with E-state index in [4.69, 9.17) is 14.4 Å². The number of fused-ring (bicyclic) bond motifs is 9. The molecule has 0 fully saturated rings. The summed E-state index contributed by atoms with van der Waals surface area (Å²) in [6.45, 7) is 0. The second-order valence-corrected chi connectivity index (χ2v) is 11.4. The molecule has 0 aliphatic carbocycles. The molecule has 0 saturated carbocycles. The number of rotatable bonds is 3. The van der Waals surface area contributed by atoms with Crippen molar-refractivity contribution < 1.29 is 4.42 Å². The Labute approximate surface area is 257 Å². The van der Waals surface area contributed by atoms with Gasteiger partial charge in [-0.1, -0.05) is 103 Å². The van der Waals surface area contributed by atoms with Crippen LogP contribution in [-0.4, -0.2) is 19.1 Å². The monoisotopic (exact) mass is 576 g/mol. The maximum absolute atomic E-state index is 6.59. The van der Waals surface area contributed by atoms with Crippen molar-refractivity contribution in [2.24, 2.45) is 0 Å². The minimum Gasteiger partial charge on any atom is -0.452 e. The van der Waals surface area contributed by atoms with Crippen LogP contribution in [0.1, 0.15) is 0 Å². The summed E-state index contributed by atoms with van der Waals surface area (Å²) in [7, 11) is 0. The highest BCUT2D eigenvalue weighted by atomic mass is 16.3. The van der Waals surface area contributed by atoms with Crippen LogP contribution < -0.4 is 0 Å². The van der Waals surface area contributed by atoms with Crippen LogP contribution in [0, 0.1) is 0 Å².